The van der Waals surface area contributed by atoms with Crippen LogP contribution in [0.4, 0.5) is 5.13 Å². The quantitative estimate of drug-likeness (QED) is 0.788. The van der Waals surface area contributed by atoms with Crippen LogP contribution in [0.2, 0.25) is 5.02 Å². The van der Waals surface area contributed by atoms with Gasteiger partial charge in [0.2, 0.25) is 11.0 Å². The van der Waals surface area contributed by atoms with Crippen LogP contribution < -0.4 is 10.9 Å². The fraction of sp³-hybridized carbons (Fsp3) is 0.0667. The number of rotatable bonds is 4. The molecule has 116 valence electrons. The highest BCUT2D eigenvalue weighted by atomic mass is 35.5. The van der Waals surface area contributed by atoms with E-state index < -0.39 is 0 Å². The van der Waals surface area contributed by atoms with Crippen molar-refractivity contribution in [3.63, 3.8) is 0 Å². The van der Waals surface area contributed by atoms with Crippen molar-refractivity contribution in [2.45, 2.75) is 6.54 Å². The molecule has 0 aliphatic heterocycles. The third-order valence-electron chi connectivity index (χ3n) is 2.99. The van der Waals surface area contributed by atoms with Gasteiger partial charge in [0, 0.05) is 17.8 Å². The van der Waals surface area contributed by atoms with Gasteiger partial charge in [-0.1, -0.05) is 47.2 Å². The summed E-state index contributed by atoms with van der Waals surface area (Å²) in [7, 11) is 0. The van der Waals surface area contributed by atoms with Gasteiger partial charge in [0.15, 0.2) is 5.01 Å². The summed E-state index contributed by atoms with van der Waals surface area (Å²) in [6.07, 6.45) is 1.55. The first-order chi connectivity index (χ1) is 11.1. The van der Waals surface area contributed by atoms with Gasteiger partial charge >= 0.3 is 0 Å². The Morgan fingerprint density at radius 1 is 1.17 bits per heavy atom. The van der Waals surface area contributed by atoms with Gasteiger partial charge < -0.3 is 4.57 Å². The number of benzene rings is 1. The van der Waals surface area contributed by atoms with Crippen molar-refractivity contribution in [1.29, 1.82) is 0 Å². The minimum atomic E-state index is -0.347. The number of pyridine rings is 1. The lowest BCUT2D eigenvalue weighted by Gasteiger charge is -2.03. The Morgan fingerprint density at radius 3 is 2.74 bits per heavy atom. The van der Waals surface area contributed by atoms with Crippen LogP contribution in [0.1, 0.15) is 0 Å². The minimum absolute atomic E-state index is 0.0827. The molecule has 0 fully saturated rings. The fourth-order valence-corrected chi connectivity index (χ4v) is 3.00. The molecule has 1 N–H and O–H groups in total. The molecule has 3 rings (SSSR count). The molecule has 2 heterocycles. The van der Waals surface area contributed by atoms with E-state index in [1.807, 2.05) is 18.2 Å². The minimum Gasteiger partial charge on any atom is -0.306 e. The number of halogens is 1. The molecule has 3 aromatic rings. The van der Waals surface area contributed by atoms with Gasteiger partial charge in [0.1, 0.15) is 6.54 Å². The summed E-state index contributed by atoms with van der Waals surface area (Å²) in [5, 5.41) is 12.1. The molecule has 0 atom stereocenters. The van der Waals surface area contributed by atoms with Gasteiger partial charge in [0.05, 0.1) is 5.02 Å². The number of nitrogens with one attached hydrogen (secondary N) is 1. The molecule has 1 amide bonds. The van der Waals surface area contributed by atoms with Crippen molar-refractivity contribution in [3.05, 3.63) is 64.0 Å². The summed E-state index contributed by atoms with van der Waals surface area (Å²) in [5.41, 5.74) is 0.517. The number of carbonyl (C=O) groups excluding carboxylic acids is 1. The summed E-state index contributed by atoms with van der Waals surface area (Å²) >= 11 is 7.33. The van der Waals surface area contributed by atoms with E-state index in [9.17, 15) is 9.59 Å². The van der Waals surface area contributed by atoms with E-state index in [4.69, 9.17) is 11.6 Å². The van der Waals surface area contributed by atoms with Crippen LogP contribution in [-0.4, -0.2) is 20.7 Å². The van der Waals surface area contributed by atoms with Crippen LogP contribution in [-0.2, 0) is 11.3 Å². The molecular weight excluding hydrogens is 336 g/mol. The molecule has 0 saturated heterocycles. The Bertz CT molecular complexity index is 906. The normalized spacial score (nSPS) is 10.5. The van der Waals surface area contributed by atoms with E-state index in [0.717, 1.165) is 5.56 Å². The Morgan fingerprint density at radius 2 is 1.96 bits per heavy atom. The zero-order valence-electron chi connectivity index (χ0n) is 11.8. The molecule has 0 aliphatic carbocycles. The van der Waals surface area contributed by atoms with Crippen LogP contribution in [0.25, 0.3) is 10.6 Å². The van der Waals surface area contributed by atoms with Gasteiger partial charge in [-0.3, -0.25) is 14.9 Å². The Labute approximate surface area is 140 Å². The van der Waals surface area contributed by atoms with Crippen molar-refractivity contribution < 1.29 is 4.79 Å². The van der Waals surface area contributed by atoms with Crippen LogP contribution in [0, 0.1) is 0 Å². The molecule has 0 bridgehead atoms. The van der Waals surface area contributed by atoms with Gasteiger partial charge in [-0.15, -0.1) is 10.2 Å². The lowest BCUT2D eigenvalue weighted by Crippen LogP contribution is -2.26. The second-order valence-electron chi connectivity index (χ2n) is 4.61. The number of hydrogen-bond donors (Lipinski definition) is 1. The summed E-state index contributed by atoms with van der Waals surface area (Å²) in [6.45, 7) is -0.0827. The summed E-state index contributed by atoms with van der Waals surface area (Å²) in [4.78, 5) is 23.6. The standard InChI is InChI=1S/C15H11ClN4O2S/c16-11-6-2-1-5-10(11)14-18-19-15(23-14)17-12(21)9-20-8-4-3-7-13(20)22/h1-8H,9H2,(H,17,19,21). The van der Waals surface area contributed by atoms with Crippen molar-refractivity contribution in [2.75, 3.05) is 5.32 Å². The highest BCUT2D eigenvalue weighted by molar-refractivity contribution is 7.18. The average molecular weight is 347 g/mol. The first-order valence-corrected chi connectivity index (χ1v) is 7.86. The van der Waals surface area contributed by atoms with Crippen LogP contribution in [0.3, 0.4) is 0 Å². The van der Waals surface area contributed by atoms with Crippen molar-refractivity contribution >= 4 is 34.0 Å². The third-order valence-corrected chi connectivity index (χ3v) is 4.19. The second kappa shape index (κ2) is 6.72. The van der Waals surface area contributed by atoms with E-state index in [0.29, 0.717) is 15.2 Å². The zero-order valence-corrected chi connectivity index (χ0v) is 13.3. The van der Waals surface area contributed by atoms with Crippen LogP contribution in [0.15, 0.2) is 53.5 Å². The van der Waals surface area contributed by atoms with Gasteiger partial charge in [-0.2, -0.15) is 0 Å². The maximum atomic E-state index is 12.0. The summed E-state index contributed by atoms with van der Waals surface area (Å²) in [5.74, 6) is -0.347. The van der Waals surface area contributed by atoms with Crippen LogP contribution in [0.5, 0.6) is 0 Å². The predicted molar refractivity (Wildman–Crippen MR) is 89.7 cm³/mol. The SMILES string of the molecule is O=C(Cn1ccccc1=O)Nc1nnc(-c2ccccc2Cl)s1. The number of hydrogen-bond acceptors (Lipinski definition) is 5. The molecule has 1 aromatic carbocycles. The molecule has 6 nitrogen and oxygen atoms in total. The molecule has 0 saturated carbocycles. The Hall–Kier alpha value is -2.51. The monoisotopic (exact) mass is 346 g/mol. The lowest BCUT2D eigenvalue weighted by atomic mass is 10.2. The molecule has 23 heavy (non-hydrogen) atoms. The number of amides is 1. The van der Waals surface area contributed by atoms with Gasteiger partial charge in [0.25, 0.3) is 5.56 Å². The van der Waals surface area contributed by atoms with Crippen molar-refractivity contribution in [1.82, 2.24) is 14.8 Å². The van der Waals surface area contributed by atoms with Crippen molar-refractivity contribution in [2.24, 2.45) is 0 Å². The van der Waals surface area contributed by atoms with E-state index in [2.05, 4.69) is 15.5 Å². The molecule has 8 heteroatoms. The van der Waals surface area contributed by atoms with E-state index in [1.165, 1.54) is 22.0 Å². The Balaban J connectivity index is 1.72. The molecule has 2 aromatic heterocycles. The first kappa shape index (κ1) is 15.4. The molecule has 0 radical (unpaired) electrons. The number of aromatic nitrogens is 3. The number of carbonyl (C=O) groups is 1. The second-order valence-corrected chi connectivity index (χ2v) is 5.99. The third kappa shape index (κ3) is 3.64. The van der Waals surface area contributed by atoms with E-state index in [-0.39, 0.29) is 18.0 Å². The first-order valence-electron chi connectivity index (χ1n) is 6.67. The van der Waals surface area contributed by atoms with Gasteiger partial charge in [-0.05, 0) is 12.1 Å². The van der Waals surface area contributed by atoms with Gasteiger partial charge in [-0.25, -0.2) is 0 Å². The lowest BCUT2D eigenvalue weighted by molar-refractivity contribution is -0.116. The summed E-state index contributed by atoms with van der Waals surface area (Å²) < 4.78 is 1.31. The summed E-state index contributed by atoms with van der Waals surface area (Å²) in [6, 6.07) is 12.0. The largest absolute Gasteiger partial charge is 0.306 e. The Kier molecular flexibility index (Phi) is 4.50. The fourth-order valence-electron chi connectivity index (χ4n) is 1.92. The molecular formula is C15H11ClN4O2S. The highest BCUT2D eigenvalue weighted by Gasteiger charge is 2.12. The highest BCUT2D eigenvalue weighted by Crippen LogP contribution is 2.31. The maximum absolute atomic E-state index is 12.0. The predicted octanol–water partition coefficient (Wildman–Crippen LogP) is 2.66. The number of nitrogens with zero attached hydrogens (tertiary/aromatic N) is 3. The number of anilines is 1. The average Bonchev–Trinajstić information content (AvgIpc) is 2.98. The molecule has 0 unspecified atom stereocenters. The van der Waals surface area contributed by atoms with Crippen molar-refractivity contribution in [3.8, 4) is 10.6 Å². The van der Waals surface area contributed by atoms with E-state index >= 15 is 0 Å². The van der Waals surface area contributed by atoms with Crippen LogP contribution >= 0.6 is 22.9 Å². The topological polar surface area (TPSA) is 76.9 Å². The van der Waals surface area contributed by atoms with E-state index in [1.54, 1.807) is 24.4 Å². The molecule has 0 aliphatic rings. The molecule has 0 spiro atoms. The maximum Gasteiger partial charge on any atom is 0.250 e. The zero-order chi connectivity index (χ0) is 16.2. The smallest absolute Gasteiger partial charge is 0.250 e.